The Bertz CT molecular complexity index is 544. The molecule has 0 aliphatic carbocycles. The number of fused-ring (bicyclic) bond motifs is 1. The van der Waals surface area contributed by atoms with Crippen LogP contribution < -0.4 is 14.9 Å². The number of nitrogens with zero attached hydrogens (tertiary/aromatic N) is 2. The summed E-state index contributed by atoms with van der Waals surface area (Å²) in [6.45, 7) is 4.73. The van der Waals surface area contributed by atoms with E-state index >= 15 is 0 Å². The van der Waals surface area contributed by atoms with Crippen molar-refractivity contribution in [2.45, 2.75) is 19.4 Å². The lowest BCUT2D eigenvalue weighted by molar-refractivity contribution is 0.264. The number of hydrogen-bond acceptors (Lipinski definition) is 5. The van der Waals surface area contributed by atoms with Crippen LogP contribution in [0.4, 0.5) is 0 Å². The molecule has 1 N–H and O–H groups in total. The van der Waals surface area contributed by atoms with Crippen LogP contribution in [0.15, 0.2) is 23.3 Å². The molecular weight excluding hydrogens is 266 g/mol. The second kappa shape index (κ2) is 5.93. The van der Waals surface area contributed by atoms with Crippen LogP contribution in [-0.4, -0.2) is 44.5 Å². The van der Waals surface area contributed by atoms with Crippen molar-refractivity contribution in [1.29, 1.82) is 0 Å². The van der Waals surface area contributed by atoms with Gasteiger partial charge < -0.3 is 19.8 Å². The zero-order valence-corrected chi connectivity index (χ0v) is 12.9. The second-order valence-corrected chi connectivity index (χ2v) is 5.64. The Kier molecular flexibility index (Phi) is 4.01. The quantitative estimate of drug-likeness (QED) is 0.921. The van der Waals surface area contributed by atoms with Crippen molar-refractivity contribution >= 4 is 5.71 Å². The molecule has 0 spiro atoms. The Labute approximate surface area is 125 Å². The number of piperidine rings is 1. The van der Waals surface area contributed by atoms with E-state index in [1.54, 1.807) is 7.11 Å². The van der Waals surface area contributed by atoms with Crippen LogP contribution in [0.2, 0.25) is 0 Å². The first-order chi connectivity index (χ1) is 10.2. The topological polar surface area (TPSA) is 46.1 Å². The maximum Gasteiger partial charge on any atom is 0.166 e. The number of benzene rings is 1. The molecule has 1 fully saturated rings. The number of para-hydroxylation sites is 1. The molecular formula is C16H23N3O2. The van der Waals surface area contributed by atoms with Crippen molar-refractivity contribution in [3.63, 3.8) is 0 Å². The Morgan fingerprint density at radius 1 is 1.43 bits per heavy atom. The zero-order chi connectivity index (χ0) is 14.8. The third kappa shape index (κ3) is 2.58. The highest BCUT2D eigenvalue weighted by Crippen LogP contribution is 2.40. The van der Waals surface area contributed by atoms with E-state index in [2.05, 4.69) is 28.5 Å². The van der Waals surface area contributed by atoms with Crippen LogP contribution in [0.1, 0.15) is 24.9 Å². The van der Waals surface area contributed by atoms with Gasteiger partial charge in [-0.1, -0.05) is 12.1 Å². The maximum atomic E-state index is 5.85. The summed E-state index contributed by atoms with van der Waals surface area (Å²) in [6.07, 6.45) is 1.04. The van der Waals surface area contributed by atoms with Gasteiger partial charge in [-0.15, -0.1) is 0 Å². The van der Waals surface area contributed by atoms with Gasteiger partial charge in [-0.05, 0) is 20.0 Å². The minimum absolute atomic E-state index is 0.166. The van der Waals surface area contributed by atoms with E-state index in [1.165, 1.54) is 5.71 Å². The Balaban J connectivity index is 1.93. The van der Waals surface area contributed by atoms with Gasteiger partial charge in [-0.2, -0.15) is 5.10 Å². The molecule has 114 valence electrons. The Morgan fingerprint density at radius 3 is 3.05 bits per heavy atom. The fourth-order valence-electron chi connectivity index (χ4n) is 3.23. The third-order valence-electron chi connectivity index (χ3n) is 4.29. The highest BCUT2D eigenvalue weighted by atomic mass is 16.5. The van der Waals surface area contributed by atoms with Gasteiger partial charge in [0, 0.05) is 36.7 Å². The van der Waals surface area contributed by atoms with Gasteiger partial charge in [-0.3, -0.25) is 0 Å². The van der Waals surface area contributed by atoms with Crippen molar-refractivity contribution in [3.8, 4) is 11.5 Å². The van der Waals surface area contributed by atoms with E-state index < -0.39 is 0 Å². The minimum Gasteiger partial charge on any atom is -0.493 e. The fourth-order valence-corrected chi connectivity index (χ4v) is 3.23. The number of methoxy groups -OCH3 is 1. The number of nitrogens with one attached hydrogen (secondary N) is 1. The van der Waals surface area contributed by atoms with Gasteiger partial charge in [0.15, 0.2) is 11.5 Å². The maximum absolute atomic E-state index is 5.85. The molecule has 1 saturated heterocycles. The molecule has 0 bridgehead atoms. The molecule has 2 unspecified atom stereocenters. The summed E-state index contributed by atoms with van der Waals surface area (Å²) >= 11 is 0. The highest BCUT2D eigenvalue weighted by Gasteiger charge is 2.37. The lowest BCUT2D eigenvalue weighted by Gasteiger charge is -2.31. The summed E-state index contributed by atoms with van der Waals surface area (Å²) in [5, 5.41) is 4.55. The minimum atomic E-state index is 0.166. The summed E-state index contributed by atoms with van der Waals surface area (Å²) in [5.41, 5.74) is 5.73. The Morgan fingerprint density at radius 2 is 2.29 bits per heavy atom. The molecule has 3 rings (SSSR count). The van der Waals surface area contributed by atoms with Crippen LogP contribution in [0.25, 0.3) is 0 Å². The number of ether oxygens (including phenoxy) is 2. The van der Waals surface area contributed by atoms with Crippen LogP contribution in [-0.2, 0) is 0 Å². The van der Waals surface area contributed by atoms with Gasteiger partial charge in [0.05, 0.1) is 19.8 Å². The van der Waals surface area contributed by atoms with E-state index in [9.17, 15) is 0 Å². The van der Waals surface area contributed by atoms with Crippen molar-refractivity contribution in [2.24, 2.45) is 11.0 Å². The van der Waals surface area contributed by atoms with Crippen molar-refractivity contribution in [3.05, 3.63) is 23.8 Å². The Hall–Kier alpha value is -1.75. The van der Waals surface area contributed by atoms with Gasteiger partial charge in [0.2, 0.25) is 0 Å². The molecule has 21 heavy (non-hydrogen) atoms. The van der Waals surface area contributed by atoms with Crippen molar-refractivity contribution < 1.29 is 9.47 Å². The molecule has 0 saturated carbocycles. The van der Waals surface area contributed by atoms with Gasteiger partial charge in [0.1, 0.15) is 0 Å². The van der Waals surface area contributed by atoms with Crippen LogP contribution in [0.3, 0.4) is 0 Å². The van der Waals surface area contributed by atoms with Crippen LogP contribution in [0.5, 0.6) is 11.5 Å². The number of hydrogen-bond donors (Lipinski definition) is 1. The summed E-state index contributed by atoms with van der Waals surface area (Å²) in [7, 11) is 3.85. The zero-order valence-electron chi connectivity index (χ0n) is 12.9. The molecule has 5 nitrogen and oxygen atoms in total. The number of likely N-dealkylation sites (tertiary alicyclic amines) is 1. The predicted molar refractivity (Wildman–Crippen MR) is 83.1 cm³/mol. The molecule has 2 atom stereocenters. The summed E-state index contributed by atoms with van der Waals surface area (Å²) in [5.74, 6) is 2.04. The van der Waals surface area contributed by atoms with Crippen molar-refractivity contribution in [2.75, 3.05) is 33.9 Å². The largest absolute Gasteiger partial charge is 0.493 e. The predicted octanol–water partition coefficient (Wildman–Crippen LogP) is 2.05. The first-order valence-electron chi connectivity index (χ1n) is 7.54. The monoisotopic (exact) mass is 289 g/mol. The van der Waals surface area contributed by atoms with E-state index in [1.807, 2.05) is 19.1 Å². The molecule has 5 heteroatoms. The molecule has 2 heterocycles. The number of rotatable bonds is 4. The normalized spacial score (nSPS) is 25.0. The smallest absolute Gasteiger partial charge is 0.166 e. The third-order valence-corrected chi connectivity index (χ3v) is 4.29. The van der Waals surface area contributed by atoms with Gasteiger partial charge in [-0.25, -0.2) is 0 Å². The van der Waals surface area contributed by atoms with Gasteiger partial charge in [0.25, 0.3) is 0 Å². The van der Waals surface area contributed by atoms with Crippen molar-refractivity contribution in [1.82, 2.24) is 10.3 Å². The van der Waals surface area contributed by atoms with Gasteiger partial charge >= 0.3 is 0 Å². The lowest BCUT2D eigenvalue weighted by Crippen LogP contribution is -2.39. The van der Waals surface area contributed by atoms with E-state index in [-0.39, 0.29) is 6.04 Å². The SMILES string of the molecule is CCOc1c(OC)cccc1C1NN=C2CCN(C)CC21. The van der Waals surface area contributed by atoms with E-state index in [0.717, 1.165) is 36.6 Å². The first-order valence-corrected chi connectivity index (χ1v) is 7.54. The first kappa shape index (κ1) is 14.2. The summed E-state index contributed by atoms with van der Waals surface area (Å²) in [4.78, 5) is 2.37. The summed E-state index contributed by atoms with van der Waals surface area (Å²) in [6, 6.07) is 6.23. The fraction of sp³-hybridized carbons (Fsp3) is 0.562. The van der Waals surface area contributed by atoms with E-state index in [0.29, 0.717) is 12.5 Å². The summed E-state index contributed by atoms with van der Waals surface area (Å²) < 4.78 is 11.3. The molecule has 0 aromatic heterocycles. The standard InChI is InChI=1S/C16H23N3O2/c1-4-21-16-11(6-5-7-14(16)20-3)15-12-10-19(2)9-8-13(12)17-18-15/h5-7,12,15,18H,4,8-10H2,1-3H3. The van der Waals surface area contributed by atoms with Crippen LogP contribution in [0, 0.1) is 5.92 Å². The average Bonchev–Trinajstić information content (AvgIpc) is 2.90. The highest BCUT2D eigenvalue weighted by molar-refractivity contribution is 5.90. The molecule has 1 aromatic rings. The average molecular weight is 289 g/mol. The molecule has 1 aromatic carbocycles. The molecule has 2 aliphatic rings. The molecule has 0 radical (unpaired) electrons. The van der Waals surface area contributed by atoms with E-state index in [4.69, 9.17) is 9.47 Å². The van der Waals surface area contributed by atoms with Crippen LogP contribution >= 0.6 is 0 Å². The number of hydrazone groups is 1. The molecule has 2 aliphatic heterocycles. The second-order valence-electron chi connectivity index (χ2n) is 5.64. The lowest BCUT2D eigenvalue weighted by atomic mass is 9.86. The molecule has 0 amide bonds.